The summed E-state index contributed by atoms with van der Waals surface area (Å²) in [5.74, 6) is 1.22. The first-order chi connectivity index (χ1) is 8.00. The zero-order valence-electron chi connectivity index (χ0n) is 10.1. The van der Waals surface area contributed by atoms with E-state index in [1.165, 1.54) is 6.07 Å². The van der Waals surface area contributed by atoms with Crippen LogP contribution in [-0.2, 0) is 0 Å². The molecule has 1 aromatic carbocycles. The van der Waals surface area contributed by atoms with Gasteiger partial charge in [-0.1, -0.05) is 11.8 Å². The molecule has 1 N–H and O–H groups in total. The van der Waals surface area contributed by atoms with Crippen molar-refractivity contribution in [3.63, 3.8) is 0 Å². The standard InChI is InChI=1S/C12H15FN2OS/c1-12(2)7-17-11(15-12)14-10-6-8(16-3)4-5-9(10)13/h4-6H,7H2,1-3H3,(H,14,15). The van der Waals surface area contributed by atoms with Crippen molar-refractivity contribution in [3.05, 3.63) is 24.0 Å². The van der Waals surface area contributed by atoms with E-state index in [1.54, 1.807) is 31.0 Å². The molecule has 1 aromatic rings. The van der Waals surface area contributed by atoms with Gasteiger partial charge in [0, 0.05) is 11.8 Å². The lowest BCUT2D eigenvalue weighted by Crippen LogP contribution is -2.15. The van der Waals surface area contributed by atoms with Gasteiger partial charge in [0.1, 0.15) is 11.6 Å². The number of thioether (sulfide) groups is 1. The van der Waals surface area contributed by atoms with Gasteiger partial charge in [0.2, 0.25) is 0 Å². The van der Waals surface area contributed by atoms with Crippen LogP contribution >= 0.6 is 11.8 Å². The summed E-state index contributed by atoms with van der Waals surface area (Å²) in [5.41, 5.74) is 0.316. The van der Waals surface area contributed by atoms with Gasteiger partial charge in [-0.25, -0.2) is 4.39 Å². The lowest BCUT2D eigenvalue weighted by atomic mass is 10.1. The molecule has 0 fully saturated rings. The summed E-state index contributed by atoms with van der Waals surface area (Å²) in [6.07, 6.45) is 0. The zero-order chi connectivity index (χ0) is 12.5. The molecule has 0 aliphatic carbocycles. The predicted molar refractivity (Wildman–Crippen MR) is 70.5 cm³/mol. The second-order valence-electron chi connectivity index (χ2n) is 4.49. The molecule has 0 saturated heterocycles. The van der Waals surface area contributed by atoms with Crippen LogP contribution in [0, 0.1) is 5.82 Å². The zero-order valence-corrected chi connectivity index (χ0v) is 10.9. The molecule has 1 heterocycles. The van der Waals surface area contributed by atoms with Gasteiger partial charge in [0.15, 0.2) is 5.17 Å². The van der Waals surface area contributed by atoms with Crippen LogP contribution in [0.25, 0.3) is 0 Å². The summed E-state index contributed by atoms with van der Waals surface area (Å²) in [4.78, 5) is 4.47. The number of halogens is 1. The van der Waals surface area contributed by atoms with E-state index in [2.05, 4.69) is 24.2 Å². The first-order valence-corrected chi connectivity index (χ1v) is 6.32. The Labute approximate surface area is 104 Å². The molecular formula is C12H15FN2OS. The average molecular weight is 254 g/mol. The monoisotopic (exact) mass is 254 g/mol. The van der Waals surface area contributed by atoms with Gasteiger partial charge >= 0.3 is 0 Å². The largest absolute Gasteiger partial charge is 0.497 e. The Bertz CT molecular complexity index is 460. The molecular weight excluding hydrogens is 239 g/mol. The third-order valence-electron chi connectivity index (χ3n) is 2.38. The van der Waals surface area contributed by atoms with Gasteiger partial charge in [-0.05, 0) is 26.0 Å². The van der Waals surface area contributed by atoms with Crippen molar-refractivity contribution >= 4 is 22.6 Å². The van der Waals surface area contributed by atoms with E-state index in [9.17, 15) is 4.39 Å². The number of methoxy groups -OCH3 is 1. The molecule has 3 nitrogen and oxygen atoms in total. The van der Waals surface area contributed by atoms with E-state index < -0.39 is 0 Å². The number of amidine groups is 1. The van der Waals surface area contributed by atoms with Crippen molar-refractivity contribution in [3.8, 4) is 5.75 Å². The molecule has 0 saturated carbocycles. The van der Waals surface area contributed by atoms with Crippen LogP contribution in [0.2, 0.25) is 0 Å². The maximum Gasteiger partial charge on any atom is 0.161 e. The Kier molecular flexibility index (Phi) is 3.28. The minimum absolute atomic E-state index is 0.0810. The number of rotatable bonds is 2. The Hall–Kier alpha value is -1.23. The number of anilines is 1. The van der Waals surface area contributed by atoms with Crippen LogP contribution in [0.5, 0.6) is 5.75 Å². The first-order valence-electron chi connectivity index (χ1n) is 5.33. The number of nitrogens with one attached hydrogen (secondary N) is 1. The Morgan fingerprint density at radius 1 is 1.47 bits per heavy atom. The third kappa shape index (κ3) is 2.91. The number of nitrogens with zero attached hydrogens (tertiary/aromatic N) is 1. The second kappa shape index (κ2) is 4.56. The van der Waals surface area contributed by atoms with Gasteiger partial charge in [-0.15, -0.1) is 0 Å². The quantitative estimate of drug-likeness (QED) is 0.880. The molecule has 1 aliphatic heterocycles. The highest BCUT2D eigenvalue weighted by Crippen LogP contribution is 2.29. The fourth-order valence-corrected chi connectivity index (χ4v) is 2.54. The molecule has 0 radical (unpaired) electrons. The molecule has 17 heavy (non-hydrogen) atoms. The fourth-order valence-electron chi connectivity index (χ4n) is 1.49. The summed E-state index contributed by atoms with van der Waals surface area (Å²) in [6, 6.07) is 4.60. The maximum atomic E-state index is 13.6. The average Bonchev–Trinajstić information content (AvgIpc) is 2.61. The topological polar surface area (TPSA) is 33.6 Å². The summed E-state index contributed by atoms with van der Waals surface area (Å²) in [5, 5.41) is 3.75. The second-order valence-corrected chi connectivity index (χ2v) is 5.45. The molecule has 0 bridgehead atoms. The van der Waals surface area contributed by atoms with E-state index >= 15 is 0 Å². The minimum atomic E-state index is -0.307. The number of ether oxygens (including phenoxy) is 1. The maximum absolute atomic E-state index is 13.6. The van der Waals surface area contributed by atoms with E-state index in [0.717, 1.165) is 10.9 Å². The van der Waals surface area contributed by atoms with Crippen LogP contribution in [-0.4, -0.2) is 23.6 Å². The Morgan fingerprint density at radius 3 is 2.82 bits per heavy atom. The normalized spacial score (nSPS) is 17.8. The number of hydrogen-bond acceptors (Lipinski definition) is 4. The van der Waals surface area contributed by atoms with Crippen LogP contribution in [0.4, 0.5) is 10.1 Å². The van der Waals surface area contributed by atoms with Crippen LogP contribution in [0.3, 0.4) is 0 Å². The van der Waals surface area contributed by atoms with Gasteiger partial charge < -0.3 is 10.1 Å². The highest BCUT2D eigenvalue weighted by Gasteiger charge is 2.25. The van der Waals surface area contributed by atoms with E-state index in [1.807, 2.05) is 0 Å². The fraction of sp³-hybridized carbons (Fsp3) is 0.417. The van der Waals surface area contributed by atoms with Gasteiger partial charge in [-0.2, -0.15) is 0 Å². The van der Waals surface area contributed by atoms with Gasteiger partial charge in [-0.3, -0.25) is 4.99 Å². The summed E-state index contributed by atoms with van der Waals surface area (Å²) in [6.45, 7) is 4.10. The van der Waals surface area contributed by atoms with Crippen molar-refractivity contribution < 1.29 is 9.13 Å². The summed E-state index contributed by atoms with van der Waals surface area (Å²) >= 11 is 1.60. The van der Waals surface area contributed by atoms with Crippen molar-refractivity contribution in [1.82, 2.24) is 0 Å². The third-order valence-corrected chi connectivity index (χ3v) is 3.70. The summed E-state index contributed by atoms with van der Waals surface area (Å²) in [7, 11) is 1.56. The molecule has 0 atom stereocenters. The molecule has 0 unspecified atom stereocenters. The SMILES string of the molecule is COc1ccc(F)c(NC2=NC(C)(C)CS2)c1. The number of hydrogen-bond donors (Lipinski definition) is 1. The van der Waals surface area contributed by atoms with E-state index in [4.69, 9.17) is 4.74 Å². The lowest BCUT2D eigenvalue weighted by Gasteiger charge is -2.10. The minimum Gasteiger partial charge on any atom is -0.497 e. The van der Waals surface area contributed by atoms with Gasteiger partial charge in [0.25, 0.3) is 0 Å². The molecule has 1 aliphatic rings. The van der Waals surface area contributed by atoms with Crippen LogP contribution in [0.15, 0.2) is 23.2 Å². The number of benzene rings is 1. The molecule has 92 valence electrons. The molecule has 0 aromatic heterocycles. The highest BCUT2D eigenvalue weighted by atomic mass is 32.2. The summed E-state index contributed by atoms with van der Waals surface area (Å²) < 4.78 is 18.6. The lowest BCUT2D eigenvalue weighted by molar-refractivity contribution is 0.414. The van der Waals surface area contributed by atoms with Gasteiger partial charge in [0.05, 0.1) is 18.3 Å². The first kappa shape index (κ1) is 12.2. The molecule has 0 spiro atoms. The van der Waals surface area contributed by atoms with E-state index in [0.29, 0.717) is 11.4 Å². The smallest absolute Gasteiger partial charge is 0.161 e. The van der Waals surface area contributed by atoms with Crippen LogP contribution in [0.1, 0.15) is 13.8 Å². The Morgan fingerprint density at radius 2 is 2.24 bits per heavy atom. The number of aliphatic imine (C=N–C) groups is 1. The predicted octanol–water partition coefficient (Wildman–Crippen LogP) is 3.13. The van der Waals surface area contributed by atoms with E-state index in [-0.39, 0.29) is 11.4 Å². The Balaban J connectivity index is 2.19. The van der Waals surface area contributed by atoms with Crippen molar-refractivity contribution in [2.75, 3.05) is 18.2 Å². The van der Waals surface area contributed by atoms with Crippen molar-refractivity contribution in [2.24, 2.45) is 4.99 Å². The molecule has 5 heteroatoms. The molecule has 0 amide bonds. The highest BCUT2D eigenvalue weighted by molar-refractivity contribution is 8.14. The molecule has 2 rings (SSSR count). The van der Waals surface area contributed by atoms with Crippen molar-refractivity contribution in [2.45, 2.75) is 19.4 Å². The van der Waals surface area contributed by atoms with Crippen LogP contribution < -0.4 is 10.1 Å². The van der Waals surface area contributed by atoms with Crippen molar-refractivity contribution in [1.29, 1.82) is 0 Å².